The number of phenolic OH excluding ortho intramolecular Hbond substituents is 1. The van der Waals surface area contributed by atoms with Crippen LogP contribution in [-0.2, 0) is 0 Å². The molecule has 1 aromatic rings. The van der Waals surface area contributed by atoms with Gasteiger partial charge in [-0.1, -0.05) is 19.8 Å². The van der Waals surface area contributed by atoms with Crippen LogP contribution in [0.2, 0.25) is 0 Å². The number of nitrogens with one attached hydrogen (secondary N) is 1. The minimum atomic E-state index is -0.520. The maximum absolute atomic E-state index is 12.3. The van der Waals surface area contributed by atoms with Gasteiger partial charge < -0.3 is 15.5 Å². The molecule has 0 aliphatic heterocycles. The van der Waals surface area contributed by atoms with E-state index in [1.54, 1.807) is 12.1 Å². The van der Waals surface area contributed by atoms with E-state index in [4.69, 9.17) is 0 Å². The lowest BCUT2D eigenvalue weighted by atomic mass is 9.76. The number of hydrogen-bond acceptors (Lipinski definition) is 3. The van der Waals surface area contributed by atoms with Crippen molar-refractivity contribution in [2.45, 2.75) is 38.1 Å². The molecule has 0 aromatic heterocycles. The van der Waals surface area contributed by atoms with Crippen LogP contribution in [0.25, 0.3) is 0 Å². The monoisotopic (exact) mass is 389 g/mol. The molecule has 1 aromatic carbocycles. The largest absolute Gasteiger partial charge is 0.507 e. The van der Waals surface area contributed by atoms with Gasteiger partial charge in [-0.3, -0.25) is 4.79 Å². The average Bonchev–Trinajstić information content (AvgIpc) is 2.41. The Balaban J connectivity index is 2.14. The van der Waals surface area contributed by atoms with Gasteiger partial charge in [0.25, 0.3) is 5.91 Å². The van der Waals surface area contributed by atoms with Crippen LogP contribution < -0.4 is 5.32 Å². The normalized spacial score (nSPS) is 26.2. The first-order valence-electron chi connectivity index (χ1n) is 6.88. The van der Waals surface area contributed by atoms with E-state index < -0.39 is 5.54 Å². The van der Waals surface area contributed by atoms with Crippen LogP contribution in [0.3, 0.4) is 0 Å². The molecule has 2 atom stereocenters. The number of benzene rings is 1. The van der Waals surface area contributed by atoms with Gasteiger partial charge in [0.15, 0.2) is 0 Å². The zero-order valence-electron chi connectivity index (χ0n) is 11.5. The fourth-order valence-electron chi connectivity index (χ4n) is 2.92. The summed E-state index contributed by atoms with van der Waals surface area (Å²) in [5.41, 5.74) is -0.0955. The highest BCUT2D eigenvalue weighted by molar-refractivity contribution is 14.1. The summed E-state index contributed by atoms with van der Waals surface area (Å²) in [6, 6.07) is 4.86. The summed E-state index contributed by atoms with van der Waals surface area (Å²) in [5, 5.41) is 22.3. The zero-order chi connectivity index (χ0) is 14.8. The maximum Gasteiger partial charge on any atom is 0.251 e. The molecule has 2 rings (SSSR count). The number of aliphatic hydroxyl groups is 1. The topological polar surface area (TPSA) is 69.6 Å². The number of carbonyl (C=O) groups is 1. The van der Waals surface area contributed by atoms with Crippen molar-refractivity contribution in [3.05, 3.63) is 27.3 Å². The van der Waals surface area contributed by atoms with Gasteiger partial charge in [0.2, 0.25) is 0 Å². The molecule has 1 aliphatic rings. The van der Waals surface area contributed by atoms with Crippen molar-refractivity contribution >= 4 is 28.5 Å². The lowest BCUT2D eigenvalue weighted by Gasteiger charge is -2.39. The molecule has 20 heavy (non-hydrogen) atoms. The summed E-state index contributed by atoms with van der Waals surface area (Å²) in [7, 11) is 0. The molecule has 4 nitrogen and oxygen atoms in total. The second-order valence-electron chi connectivity index (χ2n) is 5.76. The van der Waals surface area contributed by atoms with Crippen molar-refractivity contribution in [1.29, 1.82) is 0 Å². The second-order valence-corrected chi connectivity index (χ2v) is 6.92. The van der Waals surface area contributed by atoms with Gasteiger partial charge in [0.1, 0.15) is 5.75 Å². The van der Waals surface area contributed by atoms with Crippen molar-refractivity contribution in [3.8, 4) is 5.75 Å². The molecular formula is C15H20INO3. The van der Waals surface area contributed by atoms with Gasteiger partial charge in [0.05, 0.1) is 15.7 Å². The third-order valence-corrected chi connectivity index (χ3v) is 4.89. The Morgan fingerprint density at radius 2 is 2.30 bits per heavy atom. The Morgan fingerprint density at radius 1 is 1.55 bits per heavy atom. The van der Waals surface area contributed by atoms with Crippen molar-refractivity contribution in [3.63, 3.8) is 0 Å². The minimum Gasteiger partial charge on any atom is -0.507 e. The molecule has 1 amide bonds. The van der Waals surface area contributed by atoms with Gasteiger partial charge >= 0.3 is 0 Å². The quantitative estimate of drug-likeness (QED) is 0.697. The lowest BCUT2D eigenvalue weighted by molar-refractivity contribution is 0.0696. The number of aliphatic hydroxyl groups excluding tert-OH is 1. The van der Waals surface area contributed by atoms with Crippen LogP contribution in [0.15, 0.2) is 18.2 Å². The van der Waals surface area contributed by atoms with Crippen LogP contribution in [-0.4, -0.2) is 28.3 Å². The summed E-state index contributed by atoms with van der Waals surface area (Å²) < 4.78 is 0.710. The SMILES string of the molecule is CC1CCCC(CO)(NC(=O)c2ccc(I)c(O)c2)C1. The van der Waals surface area contributed by atoms with Gasteiger partial charge in [-0.15, -0.1) is 0 Å². The number of hydrogen-bond donors (Lipinski definition) is 3. The number of carbonyl (C=O) groups excluding carboxylic acids is 1. The van der Waals surface area contributed by atoms with Gasteiger partial charge in [-0.25, -0.2) is 0 Å². The van der Waals surface area contributed by atoms with Gasteiger partial charge in [-0.05, 0) is 59.5 Å². The molecule has 1 aliphatic carbocycles. The molecule has 0 spiro atoms. The molecule has 2 unspecified atom stereocenters. The van der Waals surface area contributed by atoms with Crippen LogP contribution in [0.5, 0.6) is 5.75 Å². The molecule has 0 radical (unpaired) electrons. The zero-order valence-corrected chi connectivity index (χ0v) is 13.7. The Bertz CT molecular complexity index is 506. The Hall–Kier alpha value is -0.820. The third kappa shape index (κ3) is 3.44. The first-order valence-corrected chi connectivity index (χ1v) is 7.95. The molecule has 110 valence electrons. The van der Waals surface area contributed by atoms with E-state index in [-0.39, 0.29) is 18.3 Å². The van der Waals surface area contributed by atoms with E-state index >= 15 is 0 Å². The molecule has 0 saturated heterocycles. The molecule has 3 N–H and O–H groups in total. The predicted octanol–water partition coefficient (Wildman–Crippen LogP) is 2.67. The number of phenols is 1. The van der Waals surface area contributed by atoms with E-state index in [1.807, 2.05) is 22.6 Å². The fourth-order valence-corrected chi connectivity index (χ4v) is 3.26. The third-order valence-electron chi connectivity index (χ3n) is 3.98. The first kappa shape index (κ1) is 15.6. The van der Waals surface area contributed by atoms with E-state index in [1.165, 1.54) is 6.07 Å². The number of aromatic hydroxyl groups is 1. The second kappa shape index (κ2) is 6.30. The van der Waals surface area contributed by atoms with Crippen molar-refractivity contribution in [2.75, 3.05) is 6.61 Å². The molecule has 1 saturated carbocycles. The Morgan fingerprint density at radius 3 is 2.90 bits per heavy atom. The van der Waals surface area contributed by atoms with Crippen LogP contribution in [0.1, 0.15) is 43.0 Å². The first-order chi connectivity index (χ1) is 9.46. The van der Waals surface area contributed by atoms with E-state index in [9.17, 15) is 15.0 Å². The predicted molar refractivity (Wildman–Crippen MR) is 85.7 cm³/mol. The maximum atomic E-state index is 12.3. The number of amides is 1. The van der Waals surface area contributed by atoms with E-state index in [2.05, 4.69) is 12.2 Å². The van der Waals surface area contributed by atoms with E-state index in [0.717, 1.165) is 25.7 Å². The van der Waals surface area contributed by atoms with Gasteiger partial charge in [0, 0.05) is 5.56 Å². The molecule has 1 fully saturated rings. The van der Waals surface area contributed by atoms with Crippen LogP contribution in [0, 0.1) is 9.49 Å². The van der Waals surface area contributed by atoms with Gasteiger partial charge in [-0.2, -0.15) is 0 Å². The smallest absolute Gasteiger partial charge is 0.251 e. The van der Waals surface area contributed by atoms with Crippen molar-refractivity contribution in [1.82, 2.24) is 5.32 Å². The summed E-state index contributed by atoms with van der Waals surface area (Å²) >= 11 is 2.01. The highest BCUT2D eigenvalue weighted by Crippen LogP contribution is 2.32. The molecule has 0 bridgehead atoms. The fraction of sp³-hybridized carbons (Fsp3) is 0.533. The highest BCUT2D eigenvalue weighted by Gasteiger charge is 2.35. The molecule has 5 heteroatoms. The molecular weight excluding hydrogens is 369 g/mol. The van der Waals surface area contributed by atoms with E-state index in [0.29, 0.717) is 15.1 Å². The van der Waals surface area contributed by atoms with Crippen LogP contribution in [0.4, 0.5) is 0 Å². The highest BCUT2D eigenvalue weighted by atomic mass is 127. The summed E-state index contributed by atoms with van der Waals surface area (Å²) in [4.78, 5) is 12.3. The summed E-state index contributed by atoms with van der Waals surface area (Å²) in [5.74, 6) is 0.370. The summed E-state index contributed by atoms with van der Waals surface area (Å²) in [6.07, 6.45) is 3.75. The number of halogens is 1. The summed E-state index contributed by atoms with van der Waals surface area (Å²) in [6.45, 7) is 2.10. The average molecular weight is 389 g/mol. The van der Waals surface area contributed by atoms with Crippen molar-refractivity contribution in [2.24, 2.45) is 5.92 Å². The standard InChI is InChI=1S/C15H20INO3/c1-10-3-2-6-15(8-10,9-18)17-14(20)11-4-5-12(16)13(19)7-11/h4-5,7,10,18-19H,2-3,6,8-9H2,1H3,(H,17,20). The lowest BCUT2D eigenvalue weighted by Crippen LogP contribution is -2.53. The Labute approximate surface area is 132 Å². The minimum absolute atomic E-state index is 0.0422. The number of rotatable bonds is 3. The molecule has 0 heterocycles. The Kier molecular flexibility index (Phi) is 4.90. The van der Waals surface area contributed by atoms with Crippen molar-refractivity contribution < 1.29 is 15.0 Å². The van der Waals surface area contributed by atoms with Crippen LogP contribution >= 0.6 is 22.6 Å².